The van der Waals surface area contributed by atoms with Gasteiger partial charge >= 0.3 is 0 Å². The van der Waals surface area contributed by atoms with Crippen LogP contribution in [-0.2, 0) is 19.2 Å². The van der Waals surface area contributed by atoms with Gasteiger partial charge in [-0.2, -0.15) is 0 Å². The first kappa shape index (κ1) is 39.7. The Morgan fingerprint density at radius 1 is 0.854 bits per heavy atom. The number of rotatable bonds is 20. The average molecular weight is 688 g/mol. The zero-order chi connectivity index (χ0) is 35.8. The lowest BCUT2D eigenvalue weighted by molar-refractivity contribution is -0.132. The van der Waals surface area contributed by atoms with Crippen molar-refractivity contribution in [2.45, 2.75) is 96.3 Å². The number of carbonyl (C=O) groups excluding carboxylic acids is 6. The van der Waals surface area contributed by atoms with Gasteiger partial charge in [-0.1, -0.05) is 31.9 Å². The molecule has 0 saturated carbocycles. The number of nitrogens with two attached hydrogens (primary N) is 4. The van der Waals surface area contributed by atoms with Crippen LogP contribution in [0.1, 0.15) is 88.1 Å². The topological polar surface area (TPSA) is 258 Å². The van der Waals surface area contributed by atoms with E-state index in [-0.39, 0.29) is 53.0 Å². The van der Waals surface area contributed by atoms with Crippen LogP contribution in [0.2, 0.25) is 0 Å². The Balaban J connectivity index is 2.23. The molecule has 1 aromatic carbocycles. The summed E-state index contributed by atoms with van der Waals surface area (Å²) in [5.74, 6) is -2.89. The van der Waals surface area contributed by atoms with E-state index in [1.807, 2.05) is 6.92 Å². The fraction of sp³-hybridized carbons (Fsp3) is 0.531. The minimum absolute atomic E-state index is 0.113. The fourth-order valence-electron chi connectivity index (χ4n) is 4.82. The van der Waals surface area contributed by atoms with Crippen molar-refractivity contribution in [1.82, 2.24) is 20.9 Å². The largest absolute Gasteiger partial charge is 0.370 e. The number of primary amides is 1. The SMILES string of the molecule is CCCC[C@H](NC(=O)[C@H](CCCCN)NC(=O)[C@H](CCCN=C(N)N)NC(=O)c1ccc(/C=C2\SC(=O)N(C(C)C)C2=O)cc1)C(N)=O. The maximum atomic E-state index is 13.6. The molecule has 0 radical (unpaired) electrons. The average Bonchev–Trinajstić information content (AvgIpc) is 3.31. The molecule has 0 bridgehead atoms. The van der Waals surface area contributed by atoms with E-state index in [1.54, 1.807) is 32.1 Å². The summed E-state index contributed by atoms with van der Waals surface area (Å²) in [4.78, 5) is 82.3. The quantitative estimate of drug-likeness (QED) is 0.0444. The number of aliphatic imine (C=N–C) groups is 1. The second-order valence-corrected chi connectivity index (χ2v) is 12.7. The highest BCUT2D eigenvalue weighted by Crippen LogP contribution is 2.33. The lowest BCUT2D eigenvalue weighted by atomic mass is 10.0. The van der Waals surface area contributed by atoms with Gasteiger partial charge in [0.2, 0.25) is 17.7 Å². The molecule has 1 aliphatic rings. The third-order valence-electron chi connectivity index (χ3n) is 7.46. The maximum absolute atomic E-state index is 13.6. The molecule has 6 amide bonds. The lowest BCUT2D eigenvalue weighted by Gasteiger charge is -2.25. The molecule has 0 aromatic heterocycles. The van der Waals surface area contributed by atoms with Gasteiger partial charge in [-0.05, 0) is 94.5 Å². The van der Waals surface area contributed by atoms with Crippen molar-refractivity contribution < 1.29 is 28.8 Å². The third kappa shape index (κ3) is 12.6. The molecule has 264 valence electrons. The molecule has 16 heteroatoms. The van der Waals surface area contributed by atoms with Crippen LogP contribution in [0.4, 0.5) is 4.79 Å². The molecule has 0 aliphatic carbocycles. The summed E-state index contributed by atoms with van der Waals surface area (Å²) < 4.78 is 0. The summed E-state index contributed by atoms with van der Waals surface area (Å²) in [6, 6.07) is 3.08. The molecule has 1 saturated heterocycles. The van der Waals surface area contributed by atoms with Crippen LogP contribution in [0.15, 0.2) is 34.2 Å². The van der Waals surface area contributed by atoms with E-state index in [0.29, 0.717) is 44.2 Å². The van der Waals surface area contributed by atoms with E-state index in [0.717, 1.165) is 18.2 Å². The Morgan fingerprint density at radius 2 is 1.44 bits per heavy atom. The van der Waals surface area contributed by atoms with Crippen LogP contribution < -0.4 is 38.9 Å². The number of nitrogens with zero attached hydrogens (tertiary/aromatic N) is 2. The maximum Gasteiger partial charge on any atom is 0.293 e. The zero-order valence-electron chi connectivity index (χ0n) is 27.8. The second kappa shape index (κ2) is 20.0. The highest BCUT2D eigenvalue weighted by molar-refractivity contribution is 8.18. The molecule has 3 atom stereocenters. The predicted molar refractivity (Wildman–Crippen MR) is 186 cm³/mol. The molecular weight excluding hydrogens is 638 g/mol. The zero-order valence-corrected chi connectivity index (χ0v) is 28.6. The molecule has 48 heavy (non-hydrogen) atoms. The molecule has 2 rings (SSSR count). The van der Waals surface area contributed by atoms with Gasteiger partial charge < -0.3 is 38.9 Å². The summed E-state index contributed by atoms with van der Waals surface area (Å²) in [5, 5.41) is 7.78. The molecule has 0 unspecified atom stereocenters. The van der Waals surface area contributed by atoms with E-state index in [2.05, 4.69) is 20.9 Å². The molecule has 15 nitrogen and oxygen atoms in total. The van der Waals surface area contributed by atoms with E-state index < -0.39 is 41.8 Å². The van der Waals surface area contributed by atoms with Crippen molar-refractivity contribution in [3.63, 3.8) is 0 Å². The van der Waals surface area contributed by atoms with E-state index >= 15 is 0 Å². The van der Waals surface area contributed by atoms with Crippen molar-refractivity contribution in [1.29, 1.82) is 0 Å². The number of carbonyl (C=O) groups is 6. The minimum atomic E-state index is -1.06. The standard InChI is InChI=1S/C32H49N9O6S/c1-4-5-9-22(26(34)42)38-28(44)23(10-6-7-16-33)40-29(45)24(11-8-17-37-31(35)36)39-27(43)21-14-12-20(13-15-21)18-25-30(46)41(19(2)3)32(47)48-25/h12-15,18-19,22-24H,4-11,16-17,33H2,1-3H3,(H2,34,42)(H,38,44)(H,39,43)(H,40,45)(H4,35,36,37)/b25-18-/t22-,23-,24-/m0/s1. The number of benzene rings is 1. The summed E-state index contributed by atoms with van der Waals surface area (Å²) >= 11 is 0.851. The number of amides is 6. The first-order valence-electron chi connectivity index (χ1n) is 16.1. The highest BCUT2D eigenvalue weighted by Gasteiger charge is 2.36. The Bertz CT molecular complexity index is 1360. The van der Waals surface area contributed by atoms with Crippen molar-refractivity contribution in [2.75, 3.05) is 13.1 Å². The van der Waals surface area contributed by atoms with E-state index in [1.165, 1.54) is 17.0 Å². The van der Waals surface area contributed by atoms with Crippen LogP contribution in [0, 0.1) is 0 Å². The summed E-state index contributed by atoms with van der Waals surface area (Å²) in [5.41, 5.74) is 22.8. The lowest BCUT2D eigenvalue weighted by Crippen LogP contribution is -2.56. The van der Waals surface area contributed by atoms with E-state index in [4.69, 9.17) is 22.9 Å². The fourth-order valence-corrected chi connectivity index (χ4v) is 5.78. The molecule has 1 fully saturated rings. The van der Waals surface area contributed by atoms with Gasteiger partial charge in [-0.3, -0.25) is 38.7 Å². The van der Waals surface area contributed by atoms with Gasteiger partial charge in [0, 0.05) is 18.2 Å². The van der Waals surface area contributed by atoms with Gasteiger partial charge in [0.1, 0.15) is 18.1 Å². The summed E-state index contributed by atoms with van der Waals surface area (Å²) in [7, 11) is 0. The van der Waals surface area contributed by atoms with Crippen molar-refractivity contribution in [3.05, 3.63) is 40.3 Å². The number of hydrogen-bond acceptors (Lipinski definition) is 9. The second-order valence-electron chi connectivity index (χ2n) is 11.7. The van der Waals surface area contributed by atoms with Crippen molar-refractivity contribution in [2.24, 2.45) is 27.9 Å². The molecule has 0 spiro atoms. The van der Waals surface area contributed by atoms with Gasteiger partial charge in [-0.15, -0.1) is 0 Å². The van der Waals surface area contributed by atoms with Crippen LogP contribution in [0.25, 0.3) is 6.08 Å². The minimum Gasteiger partial charge on any atom is -0.370 e. The number of nitrogens with one attached hydrogen (secondary N) is 3. The molecular formula is C32H49N9O6S. The van der Waals surface area contributed by atoms with Crippen molar-refractivity contribution >= 4 is 58.6 Å². The van der Waals surface area contributed by atoms with Crippen LogP contribution in [-0.4, -0.2) is 82.9 Å². The van der Waals surface area contributed by atoms with Crippen molar-refractivity contribution in [3.8, 4) is 0 Å². The Morgan fingerprint density at radius 3 is 1.98 bits per heavy atom. The first-order valence-corrected chi connectivity index (χ1v) is 16.9. The number of unbranched alkanes of at least 4 members (excludes halogenated alkanes) is 2. The number of hydrogen-bond donors (Lipinski definition) is 7. The number of thioether (sulfide) groups is 1. The van der Waals surface area contributed by atoms with Crippen LogP contribution >= 0.6 is 11.8 Å². The molecule has 11 N–H and O–H groups in total. The molecule has 1 aliphatic heterocycles. The summed E-state index contributed by atoms with van der Waals surface area (Å²) in [6.45, 7) is 6.06. The summed E-state index contributed by atoms with van der Waals surface area (Å²) in [6.07, 6.45) is 5.30. The molecule has 1 heterocycles. The highest BCUT2D eigenvalue weighted by atomic mass is 32.2. The monoisotopic (exact) mass is 687 g/mol. The van der Waals surface area contributed by atoms with Gasteiger partial charge in [0.05, 0.1) is 4.91 Å². The smallest absolute Gasteiger partial charge is 0.293 e. The Hall–Kier alpha value is -4.44. The van der Waals surface area contributed by atoms with Gasteiger partial charge in [0.15, 0.2) is 5.96 Å². The van der Waals surface area contributed by atoms with Gasteiger partial charge in [-0.25, -0.2) is 0 Å². The Labute approximate surface area is 285 Å². The van der Waals surface area contributed by atoms with Crippen LogP contribution in [0.5, 0.6) is 0 Å². The third-order valence-corrected chi connectivity index (χ3v) is 8.35. The molecule has 1 aromatic rings. The number of guanidine groups is 1. The van der Waals surface area contributed by atoms with Gasteiger partial charge in [0.25, 0.3) is 17.1 Å². The number of imide groups is 1. The Kier molecular flexibility index (Phi) is 16.6. The normalized spacial score (nSPS) is 15.6. The predicted octanol–water partition coefficient (Wildman–Crippen LogP) is 1.06. The van der Waals surface area contributed by atoms with E-state index in [9.17, 15) is 28.8 Å². The van der Waals surface area contributed by atoms with Crippen LogP contribution in [0.3, 0.4) is 0 Å². The first-order chi connectivity index (χ1) is 22.8.